The van der Waals surface area contributed by atoms with E-state index in [2.05, 4.69) is 26.1 Å². The number of hydrogen-bond acceptors (Lipinski definition) is 3. The van der Waals surface area contributed by atoms with Gasteiger partial charge in [-0.1, -0.05) is 15.9 Å². The van der Waals surface area contributed by atoms with E-state index in [4.69, 9.17) is 10.5 Å². The van der Waals surface area contributed by atoms with Crippen molar-refractivity contribution in [2.75, 3.05) is 7.11 Å². The summed E-state index contributed by atoms with van der Waals surface area (Å²) >= 11 is 3.42. The highest BCUT2D eigenvalue weighted by Gasteiger charge is 2.11. The van der Waals surface area contributed by atoms with Gasteiger partial charge in [-0.05, 0) is 24.3 Å². The molecule has 88 valence electrons. The highest BCUT2D eigenvalue weighted by molar-refractivity contribution is 9.10. The number of methoxy groups -OCH3 is 1. The third-order valence-electron chi connectivity index (χ3n) is 2.29. The Kier molecular flexibility index (Phi) is 3.14. The summed E-state index contributed by atoms with van der Waals surface area (Å²) in [5.41, 5.74) is 6.88. The number of rotatable bonds is 3. The second-order valence-corrected chi connectivity index (χ2v) is 4.23. The number of amides is 1. The fourth-order valence-corrected chi connectivity index (χ4v) is 1.86. The molecule has 6 heteroatoms. The first-order valence-electron chi connectivity index (χ1n) is 4.81. The van der Waals surface area contributed by atoms with Gasteiger partial charge in [0.05, 0.1) is 12.8 Å². The lowest BCUT2D eigenvalue weighted by molar-refractivity contribution is 0.0995. The molecule has 0 radical (unpaired) electrons. The van der Waals surface area contributed by atoms with Gasteiger partial charge in [-0.3, -0.25) is 9.89 Å². The number of nitrogens with one attached hydrogen (secondary N) is 1. The smallest absolute Gasteiger partial charge is 0.266 e. The van der Waals surface area contributed by atoms with E-state index in [0.29, 0.717) is 11.4 Å². The first-order chi connectivity index (χ1) is 8.11. The van der Waals surface area contributed by atoms with Crippen LogP contribution in [0.2, 0.25) is 0 Å². The van der Waals surface area contributed by atoms with Gasteiger partial charge in [0.2, 0.25) is 0 Å². The summed E-state index contributed by atoms with van der Waals surface area (Å²) in [5.74, 6) is 0.176. The first-order valence-corrected chi connectivity index (χ1v) is 5.60. The molecule has 0 atom stereocenters. The Hall–Kier alpha value is -1.82. The summed E-state index contributed by atoms with van der Waals surface area (Å²) in [6.07, 6.45) is 0. The Labute approximate surface area is 106 Å². The van der Waals surface area contributed by atoms with Crippen molar-refractivity contribution < 1.29 is 9.53 Å². The molecule has 1 aromatic heterocycles. The standard InChI is InChI=1S/C11H10BrN3O2/c1-17-6-2-3-8(12)7(4-6)9-5-10(11(13)16)15-14-9/h2-5H,1H3,(H2,13,16)(H,14,15). The number of nitrogens with zero attached hydrogens (tertiary/aromatic N) is 1. The largest absolute Gasteiger partial charge is 0.497 e. The molecule has 2 rings (SSSR count). The summed E-state index contributed by atoms with van der Waals surface area (Å²) in [5, 5.41) is 6.61. The van der Waals surface area contributed by atoms with Gasteiger partial charge in [0.1, 0.15) is 11.4 Å². The highest BCUT2D eigenvalue weighted by atomic mass is 79.9. The van der Waals surface area contributed by atoms with E-state index in [-0.39, 0.29) is 5.69 Å². The molecule has 1 amide bonds. The minimum Gasteiger partial charge on any atom is -0.497 e. The van der Waals surface area contributed by atoms with E-state index in [1.165, 1.54) is 0 Å². The molecule has 17 heavy (non-hydrogen) atoms. The Balaban J connectivity index is 2.47. The van der Waals surface area contributed by atoms with Gasteiger partial charge in [0, 0.05) is 10.0 Å². The van der Waals surface area contributed by atoms with Crippen LogP contribution < -0.4 is 10.5 Å². The Bertz CT molecular complexity index is 566. The molecule has 1 aromatic carbocycles. The molecular weight excluding hydrogens is 286 g/mol. The molecule has 0 aliphatic rings. The number of H-pyrrole nitrogens is 1. The van der Waals surface area contributed by atoms with Crippen LogP contribution in [-0.2, 0) is 0 Å². The molecule has 0 aliphatic carbocycles. The van der Waals surface area contributed by atoms with Crippen LogP contribution in [-0.4, -0.2) is 23.2 Å². The van der Waals surface area contributed by atoms with Gasteiger partial charge in [-0.15, -0.1) is 0 Å². The van der Waals surface area contributed by atoms with Crippen LogP contribution in [0.25, 0.3) is 11.3 Å². The zero-order chi connectivity index (χ0) is 12.4. The maximum atomic E-state index is 11.0. The number of halogens is 1. The van der Waals surface area contributed by atoms with Gasteiger partial charge in [0.25, 0.3) is 5.91 Å². The zero-order valence-electron chi connectivity index (χ0n) is 9.03. The molecule has 0 spiro atoms. The van der Waals surface area contributed by atoms with Crippen LogP contribution in [0.5, 0.6) is 5.75 Å². The summed E-state index contributed by atoms with van der Waals surface area (Å²) in [7, 11) is 1.59. The molecule has 0 bridgehead atoms. The molecule has 0 saturated heterocycles. The third-order valence-corrected chi connectivity index (χ3v) is 2.98. The number of ether oxygens (including phenoxy) is 1. The second kappa shape index (κ2) is 4.58. The first kappa shape index (κ1) is 11.7. The predicted octanol–water partition coefficient (Wildman–Crippen LogP) is 1.95. The van der Waals surface area contributed by atoms with Crippen molar-refractivity contribution in [1.82, 2.24) is 10.2 Å². The van der Waals surface area contributed by atoms with E-state index in [0.717, 1.165) is 10.0 Å². The quantitative estimate of drug-likeness (QED) is 0.908. The number of aromatic amines is 1. The molecule has 5 nitrogen and oxygen atoms in total. The van der Waals surface area contributed by atoms with E-state index >= 15 is 0 Å². The molecule has 0 aliphatic heterocycles. The van der Waals surface area contributed by atoms with E-state index < -0.39 is 5.91 Å². The van der Waals surface area contributed by atoms with Crippen LogP contribution in [0.4, 0.5) is 0 Å². The van der Waals surface area contributed by atoms with Crippen LogP contribution in [0, 0.1) is 0 Å². The van der Waals surface area contributed by atoms with Crippen LogP contribution >= 0.6 is 15.9 Å². The van der Waals surface area contributed by atoms with Crippen molar-refractivity contribution in [2.24, 2.45) is 5.73 Å². The van der Waals surface area contributed by atoms with Crippen molar-refractivity contribution in [2.45, 2.75) is 0 Å². The lowest BCUT2D eigenvalue weighted by Crippen LogP contribution is -2.10. The number of carbonyl (C=O) groups is 1. The molecule has 3 N–H and O–H groups in total. The number of benzene rings is 1. The number of aromatic nitrogens is 2. The minimum atomic E-state index is -0.539. The van der Waals surface area contributed by atoms with Crippen molar-refractivity contribution in [3.05, 3.63) is 34.4 Å². The maximum absolute atomic E-state index is 11.0. The monoisotopic (exact) mass is 295 g/mol. The Morgan fingerprint density at radius 1 is 1.47 bits per heavy atom. The number of carbonyl (C=O) groups excluding carboxylic acids is 1. The van der Waals surface area contributed by atoms with Gasteiger partial charge in [0.15, 0.2) is 0 Å². The third kappa shape index (κ3) is 2.31. The SMILES string of the molecule is COc1ccc(Br)c(-c2cc(C(N)=O)[nH]n2)c1. The topological polar surface area (TPSA) is 81.0 Å². The second-order valence-electron chi connectivity index (χ2n) is 3.38. The lowest BCUT2D eigenvalue weighted by Gasteiger charge is -2.04. The van der Waals surface area contributed by atoms with E-state index in [1.54, 1.807) is 13.2 Å². The van der Waals surface area contributed by atoms with Gasteiger partial charge < -0.3 is 10.5 Å². The van der Waals surface area contributed by atoms with Crippen molar-refractivity contribution >= 4 is 21.8 Å². The molecule has 1 heterocycles. The Morgan fingerprint density at radius 3 is 2.82 bits per heavy atom. The Morgan fingerprint density at radius 2 is 2.24 bits per heavy atom. The summed E-state index contributed by atoms with van der Waals surface area (Å²) in [4.78, 5) is 11.0. The summed E-state index contributed by atoms with van der Waals surface area (Å²) in [6.45, 7) is 0. The number of primary amides is 1. The van der Waals surface area contributed by atoms with Crippen molar-refractivity contribution in [3.63, 3.8) is 0 Å². The zero-order valence-corrected chi connectivity index (χ0v) is 10.6. The van der Waals surface area contributed by atoms with Gasteiger partial charge >= 0.3 is 0 Å². The molecule has 0 fully saturated rings. The van der Waals surface area contributed by atoms with Crippen molar-refractivity contribution in [1.29, 1.82) is 0 Å². The fraction of sp³-hybridized carbons (Fsp3) is 0.0909. The molecule has 0 unspecified atom stereocenters. The van der Waals surface area contributed by atoms with Crippen LogP contribution in [0.3, 0.4) is 0 Å². The lowest BCUT2D eigenvalue weighted by atomic mass is 10.1. The van der Waals surface area contributed by atoms with E-state index in [9.17, 15) is 4.79 Å². The minimum absolute atomic E-state index is 0.273. The van der Waals surface area contributed by atoms with Crippen molar-refractivity contribution in [3.8, 4) is 17.0 Å². The molecule has 0 saturated carbocycles. The van der Waals surface area contributed by atoms with Gasteiger partial charge in [-0.25, -0.2) is 0 Å². The average Bonchev–Trinajstić information content (AvgIpc) is 2.79. The molecular formula is C11H10BrN3O2. The number of hydrogen-bond donors (Lipinski definition) is 2. The average molecular weight is 296 g/mol. The van der Waals surface area contributed by atoms with Gasteiger partial charge in [-0.2, -0.15) is 5.10 Å². The summed E-state index contributed by atoms with van der Waals surface area (Å²) < 4.78 is 6.00. The number of nitrogens with two attached hydrogens (primary N) is 1. The van der Waals surface area contributed by atoms with E-state index in [1.807, 2.05) is 18.2 Å². The normalized spacial score (nSPS) is 10.2. The fourth-order valence-electron chi connectivity index (χ4n) is 1.41. The highest BCUT2D eigenvalue weighted by Crippen LogP contribution is 2.30. The van der Waals surface area contributed by atoms with Crippen LogP contribution in [0.15, 0.2) is 28.7 Å². The van der Waals surface area contributed by atoms with Crippen LogP contribution in [0.1, 0.15) is 10.5 Å². The molecule has 2 aromatic rings. The predicted molar refractivity (Wildman–Crippen MR) is 66.8 cm³/mol. The summed E-state index contributed by atoms with van der Waals surface area (Å²) in [6, 6.07) is 7.11. The maximum Gasteiger partial charge on any atom is 0.266 e.